The van der Waals surface area contributed by atoms with Crippen molar-refractivity contribution in [1.82, 2.24) is 0 Å². The van der Waals surface area contributed by atoms with Gasteiger partial charge in [0.1, 0.15) is 0 Å². The van der Waals surface area contributed by atoms with Crippen molar-refractivity contribution in [1.29, 1.82) is 0 Å². The summed E-state index contributed by atoms with van der Waals surface area (Å²) < 4.78 is 41.2. The van der Waals surface area contributed by atoms with Crippen molar-refractivity contribution in [2.45, 2.75) is 32.4 Å². The molecule has 0 atom stereocenters. The van der Waals surface area contributed by atoms with Crippen LogP contribution < -0.4 is 15.8 Å². The summed E-state index contributed by atoms with van der Waals surface area (Å²) in [4.78, 5) is 0. The third-order valence-corrected chi connectivity index (χ3v) is 2.25. The standard InChI is InChI=1S/C12H17F3N2O/c1-12(2,16)5-6-17-8-3-4-10(9(13)7-8)18-11(14)15/h3-4,7,11,17H,5-6,16H2,1-2H3. The van der Waals surface area contributed by atoms with Crippen molar-refractivity contribution in [3.8, 4) is 5.75 Å². The van der Waals surface area contributed by atoms with Crippen LogP contribution in [-0.4, -0.2) is 18.7 Å². The molecular weight excluding hydrogens is 245 g/mol. The summed E-state index contributed by atoms with van der Waals surface area (Å²) in [5.74, 6) is -1.29. The lowest BCUT2D eigenvalue weighted by atomic mass is 10.0. The predicted molar refractivity (Wildman–Crippen MR) is 64.4 cm³/mol. The highest BCUT2D eigenvalue weighted by molar-refractivity contribution is 5.47. The third kappa shape index (κ3) is 5.27. The second-order valence-corrected chi connectivity index (χ2v) is 4.69. The number of anilines is 1. The average Bonchev–Trinajstić information content (AvgIpc) is 2.19. The number of nitrogens with two attached hydrogens (primary N) is 1. The smallest absolute Gasteiger partial charge is 0.387 e. The highest BCUT2D eigenvalue weighted by Crippen LogP contribution is 2.22. The van der Waals surface area contributed by atoms with E-state index in [1.165, 1.54) is 6.07 Å². The maximum absolute atomic E-state index is 13.3. The summed E-state index contributed by atoms with van der Waals surface area (Å²) >= 11 is 0. The van der Waals surface area contributed by atoms with Gasteiger partial charge >= 0.3 is 6.61 Å². The molecule has 0 aromatic heterocycles. The largest absolute Gasteiger partial charge is 0.432 e. The first-order valence-electron chi connectivity index (χ1n) is 5.55. The average molecular weight is 262 g/mol. The van der Waals surface area contributed by atoms with Crippen LogP contribution in [0, 0.1) is 5.82 Å². The van der Waals surface area contributed by atoms with Gasteiger partial charge < -0.3 is 15.8 Å². The topological polar surface area (TPSA) is 47.3 Å². The molecule has 0 amide bonds. The van der Waals surface area contributed by atoms with Crippen LogP contribution in [0.3, 0.4) is 0 Å². The van der Waals surface area contributed by atoms with Crippen molar-refractivity contribution in [2.24, 2.45) is 5.73 Å². The van der Waals surface area contributed by atoms with E-state index in [9.17, 15) is 13.2 Å². The predicted octanol–water partition coefficient (Wildman–Crippen LogP) is 2.97. The zero-order valence-corrected chi connectivity index (χ0v) is 10.3. The summed E-state index contributed by atoms with van der Waals surface area (Å²) in [5, 5.41) is 2.96. The van der Waals surface area contributed by atoms with E-state index < -0.39 is 18.2 Å². The normalized spacial score (nSPS) is 11.7. The summed E-state index contributed by atoms with van der Waals surface area (Å²) in [6.07, 6.45) is 0.698. The fourth-order valence-electron chi connectivity index (χ4n) is 1.33. The van der Waals surface area contributed by atoms with Crippen molar-refractivity contribution in [2.75, 3.05) is 11.9 Å². The second-order valence-electron chi connectivity index (χ2n) is 4.69. The Morgan fingerprint density at radius 1 is 1.39 bits per heavy atom. The first-order valence-corrected chi connectivity index (χ1v) is 5.55. The van der Waals surface area contributed by atoms with Crippen LogP contribution in [0.1, 0.15) is 20.3 Å². The molecule has 0 aliphatic rings. The van der Waals surface area contributed by atoms with E-state index in [1.54, 1.807) is 0 Å². The molecule has 6 heteroatoms. The maximum atomic E-state index is 13.3. The zero-order valence-electron chi connectivity index (χ0n) is 10.3. The Balaban J connectivity index is 2.56. The fraction of sp³-hybridized carbons (Fsp3) is 0.500. The highest BCUT2D eigenvalue weighted by Gasteiger charge is 2.12. The van der Waals surface area contributed by atoms with Gasteiger partial charge in [-0.1, -0.05) is 0 Å². The fourth-order valence-corrected chi connectivity index (χ4v) is 1.33. The van der Waals surface area contributed by atoms with Crippen molar-refractivity contribution in [3.63, 3.8) is 0 Å². The number of alkyl halides is 2. The highest BCUT2D eigenvalue weighted by atomic mass is 19.3. The van der Waals surface area contributed by atoms with Gasteiger partial charge in [-0.3, -0.25) is 0 Å². The van der Waals surface area contributed by atoms with E-state index in [0.29, 0.717) is 18.7 Å². The Morgan fingerprint density at radius 2 is 2.06 bits per heavy atom. The molecule has 0 saturated heterocycles. The Morgan fingerprint density at radius 3 is 2.56 bits per heavy atom. The molecule has 1 aromatic carbocycles. The Kier molecular flexibility index (Phi) is 4.84. The quantitative estimate of drug-likeness (QED) is 0.828. The molecule has 0 aliphatic carbocycles. The van der Waals surface area contributed by atoms with Gasteiger partial charge in [-0.25, -0.2) is 4.39 Å². The Hall–Kier alpha value is -1.43. The number of nitrogens with one attached hydrogen (secondary N) is 1. The van der Waals surface area contributed by atoms with E-state index in [4.69, 9.17) is 5.73 Å². The number of halogens is 3. The minimum Gasteiger partial charge on any atom is -0.432 e. The van der Waals surface area contributed by atoms with Crippen molar-refractivity contribution < 1.29 is 17.9 Å². The first kappa shape index (κ1) is 14.6. The minimum atomic E-state index is -3.03. The summed E-state index contributed by atoms with van der Waals surface area (Å²) in [5.41, 5.74) is 5.97. The van der Waals surface area contributed by atoms with E-state index in [2.05, 4.69) is 10.1 Å². The molecule has 0 fully saturated rings. The first-order chi connectivity index (χ1) is 8.28. The number of benzene rings is 1. The number of rotatable bonds is 6. The van der Waals surface area contributed by atoms with Gasteiger partial charge in [-0.2, -0.15) is 8.78 Å². The number of ether oxygens (including phenoxy) is 1. The summed E-state index contributed by atoms with van der Waals surface area (Å²) in [6, 6.07) is 3.75. The van der Waals surface area contributed by atoms with E-state index >= 15 is 0 Å². The van der Waals surface area contributed by atoms with Gasteiger partial charge in [0.2, 0.25) is 0 Å². The van der Waals surface area contributed by atoms with Crippen LogP contribution in [0.4, 0.5) is 18.9 Å². The van der Waals surface area contributed by atoms with Gasteiger partial charge in [0, 0.05) is 23.8 Å². The molecule has 3 nitrogen and oxygen atoms in total. The van der Waals surface area contributed by atoms with Crippen LogP contribution in [0.25, 0.3) is 0 Å². The SMILES string of the molecule is CC(C)(N)CCNc1ccc(OC(F)F)c(F)c1. The molecule has 0 radical (unpaired) electrons. The van der Waals surface area contributed by atoms with E-state index in [-0.39, 0.29) is 5.54 Å². The van der Waals surface area contributed by atoms with Gasteiger partial charge in [0.25, 0.3) is 0 Å². The third-order valence-electron chi connectivity index (χ3n) is 2.25. The molecule has 0 saturated carbocycles. The minimum absolute atomic E-state index is 0.315. The summed E-state index contributed by atoms with van der Waals surface area (Å²) in [6.45, 7) is 1.30. The lowest BCUT2D eigenvalue weighted by Crippen LogP contribution is -2.34. The number of hydrogen-bond acceptors (Lipinski definition) is 3. The van der Waals surface area contributed by atoms with Crippen LogP contribution in [-0.2, 0) is 0 Å². The maximum Gasteiger partial charge on any atom is 0.387 e. The molecule has 102 valence electrons. The number of hydrogen-bond donors (Lipinski definition) is 2. The molecule has 3 N–H and O–H groups in total. The molecule has 0 unspecified atom stereocenters. The molecule has 0 heterocycles. The van der Waals surface area contributed by atoms with Gasteiger partial charge in [0.15, 0.2) is 11.6 Å². The molecule has 18 heavy (non-hydrogen) atoms. The molecule has 0 aliphatic heterocycles. The van der Waals surface area contributed by atoms with Crippen molar-refractivity contribution in [3.05, 3.63) is 24.0 Å². The zero-order chi connectivity index (χ0) is 13.8. The van der Waals surface area contributed by atoms with Crippen molar-refractivity contribution >= 4 is 5.69 Å². The lowest BCUT2D eigenvalue weighted by molar-refractivity contribution is -0.0521. The molecule has 0 bridgehead atoms. The lowest BCUT2D eigenvalue weighted by Gasteiger charge is -2.18. The Bertz CT molecular complexity index is 391. The Labute approximate surface area is 104 Å². The van der Waals surface area contributed by atoms with Crippen LogP contribution in [0.2, 0.25) is 0 Å². The van der Waals surface area contributed by atoms with Gasteiger partial charge in [-0.15, -0.1) is 0 Å². The molecule has 1 rings (SSSR count). The monoisotopic (exact) mass is 262 g/mol. The van der Waals surface area contributed by atoms with E-state index in [0.717, 1.165) is 12.1 Å². The molecule has 0 spiro atoms. The molecule has 1 aromatic rings. The van der Waals surface area contributed by atoms with Gasteiger partial charge in [-0.05, 0) is 32.4 Å². The molecular formula is C12H17F3N2O. The van der Waals surface area contributed by atoms with Gasteiger partial charge in [0.05, 0.1) is 0 Å². The van der Waals surface area contributed by atoms with Crippen LogP contribution >= 0.6 is 0 Å². The summed E-state index contributed by atoms with van der Waals surface area (Å²) in [7, 11) is 0. The van der Waals surface area contributed by atoms with Crippen LogP contribution in [0.15, 0.2) is 18.2 Å². The van der Waals surface area contributed by atoms with E-state index in [1.807, 2.05) is 13.8 Å². The van der Waals surface area contributed by atoms with Crippen LogP contribution in [0.5, 0.6) is 5.75 Å². The second kappa shape index (κ2) is 5.95.